The van der Waals surface area contributed by atoms with Gasteiger partial charge < -0.3 is 36.8 Å². The van der Waals surface area contributed by atoms with Crippen molar-refractivity contribution in [3.63, 3.8) is 0 Å². The molecule has 0 unspecified atom stereocenters. The molecule has 0 saturated heterocycles. The smallest absolute Gasteiger partial charge is 0.356 e. The zero-order valence-electron chi connectivity index (χ0n) is 29.6. The summed E-state index contributed by atoms with van der Waals surface area (Å²) in [7, 11) is 0. The number of benzene rings is 2. The molecule has 56 heavy (non-hydrogen) atoms. The van der Waals surface area contributed by atoms with Gasteiger partial charge in [0.05, 0.1) is 27.6 Å². The quantitative estimate of drug-likeness (QED) is 0.113. The first-order valence-electron chi connectivity index (χ1n) is 16.7. The second kappa shape index (κ2) is 17.4. The molecule has 2 amide bonds. The van der Waals surface area contributed by atoms with E-state index in [1.807, 2.05) is 60.9 Å². The Morgan fingerprint density at radius 1 is 0.804 bits per heavy atom. The topological polar surface area (TPSA) is 236 Å². The summed E-state index contributed by atoms with van der Waals surface area (Å²) >= 11 is 12.0. The summed E-state index contributed by atoms with van der Waals surface area (Å²) in [5, 5.41) is 14.8. The van der Waals surface area contributed by atoms with Crippen molar-refractivity contribution in [2.75, 3.05) is 5.73 Å². The number of aryl methyl sites for hydroxylation is 2. The van der Waals surface area contributed by atoms with Crippen molar-refractivity contribution in [1.82, 2.24) is 39.4 Å². The maximum absolute atomic E-state index is 12.8. The van der Waals surface area contributed by atoms with Gasteiger partial charge in [-0.15, -0.1) is 0 Å². The molecular formula is C39H39Cl2N11O4. The van der Waals surface area contributed by atoms with E-state index in [2.05, 4.69) is 30.2 Å². The molecule has 7 rings (SSSR count). The summed E-state index contributed by atoms with van der Waals surface area (Å²) in [6, 6.07) is 16.9. The van der Waals surface area contributed by atoms with E-state index in [4.69, 9.17) is 45.5 Å². The van der Waals surface area contributed by atoms with Crippen LogP contribution in [0.3, 0.4) is 0 Å². The molecule has 2 aromatic carbocycles. The molecule has 5 heterocycles. The highest BCUT2D eigenvalue weighted by molar-refractivity contribution is 6.31. The molecule has 17 heteroatoms. The van der Waals surface area contributed by atoms with Gasteiger partial charge in [-0.3, -0.25) is 19.6 Å². The molecule has 5 aromatic heterocycles. The minimum absolute atomic E-state index is 0. The lowest BCUT2D eigenvalue weighted by molar-refractivity contribution is 0.0690. The van der Waals surface area contributed by atoms with Crippen molar-refractivity contribution in [3.05, 3.63) is 140 Å². The number of amides is 2. The summed E-state index contributed by atoms with van der Waals surface area (Å²) in [5.41, 5.74) is 23.2. The third-order valence-electron chi connectivity index (χ3n) is 8.62. The molecule has 0 atom stereocenters. The number of hydrogen-bond acceptors (Lipinski definition) is 10. The molecule has 288 valence electrons. The zero-order valence-corrected chi connectivity index (χ0v) is 31.1. The fourth-order valence-corrected chi connectivity index (χ4v) is 6.35. The normalized spacial score (nSPS) is 10.8. The minimum Gasteiger partial charge on any atom is -0.476 e. The number of aromatic carboxylic acids is 1. The number of aromatic nitrogens is 7. The lowest BCUT2D eigenvalue weighted by Crippen LogP contribution is -2.24. The predicted molar refractivity (Wildman–Crippen MR) is 216 cm³/mol. The second-order valence-electron chi connectivity index (χ2n) is 12.6. The van der Waals surface area contributed by atoms with Crippen LogP contribution in [0.2, 0.25) is 10.0 Å². The molecule has 0 saturated carbocycles. The van der Waals surface area contributed by atoms with E-state index in [-0.39, 0.29) is 37.9 Å². The Kier molecular flexibility index (Phi) is 12.6. The number of carboxylic acids is 1. The second-order valence-corrected chi connectivity index (χ2v) is 13.5. The summed E-state index contributed by atoms with van der Waals surface area (Å²) in [4.78, 5) is 56.1. The molecule has 15 nitrogen and oxygen atoms in total. The Morgan fingerprint density at radius 2 is 1.38 bits per heavy atom. The van der Waals surface area contributed by atoms with Gasteiger partial charge in [0.2, 0.25) is 0 Å². The first-order chi connectivity index (χ1) is 26.3. The first-order valence-corrected chi connectivity index (χ1v) is 17.5. The average Bonchev–Trinajstić information content (AvgIpc) is 3.75. The van der Waals surface area contributed by atoms with Crippen LogP contribution in [-0.2, 0) is 26.2 Å². The number of anilines is 1. The van der Waals surface area contributed by atoms with Gasteiger partial charge in [0, 0.05) is 60.9 Å². The number of carbonyl (C=O) groups is 3. The number of imidazole rings is 2. The van der Waals surface area contributed by atoms with Gasteiger partial charge >= 0.3 is 5.97 Å². The summed E-state index contributed by atoms with van der Waals surface area (Å²) in [6.45, 7) is 5.15. The van der Waals surface area contributed by atoms with Gasteiger partial charge in [-0.25, -0.2) is 19.7 Å². The highest BCUT2D eigenvalue weighted by Crippen LogP contribution is 2.21. The standard InChI is InChI=1S/C23H24ClN7O.C15H11ClN4O3.CH4/c1-13-5-21(26)29-14(2)18(13)10-28-23(32)20-12-31(22(8-25)30-20)11-15-3-4-19-16(6-15)7-17(24)9-27-19;16-10-4-9-3-8(1-2-11(9)18-5-10)6-20-7-12(15(22)23)19-14(20)13(17)21;/h3-7,9,12H,8,10-11,25H2,1-2H3,(H2,26,29)(H,28,32);1-5,7H,6H2,(H2,17,21)(H,22,23);1H4. The van der Waals surface area contributed by atoms with Crippen LogP contribution >= 0.6 is 23.2 Å². The van der Waals surface area contributed by atoms with E-state index in [9.17, 15) is 14.4 Å². The van der Waals surface area contributed by atoms with Gasteiger partial charge in [-0.2, -0.15) is 0 Å². The Morgan fingerprint density at radius 3 is 1.91 bits per heavy atom. The van der Waals surface area contributed by atoms with Crippen LogP contribution in [-0.4, -0.2) is 56.9 Å². The molecule has 0 radical (unpaired) electrons. The first kappa shape index (κ1) is 40.8. The van der Waals surface area contributed by atoms with Gasteiger partial charge in [0.15, 0.2) is 11.5 Å². The Hall–Kier alpha value is -6.42. The third-order valence-corrected chi connectivity index (χ3v) is 9.03. The van der Waals surface area contributed by atoms with Crippen LogP contribution in [0.4, 0.5) is 5.82 Å². The van der Waals surface area contributed by atoms with E-state index >= 15 is 0 Å². The van der Waals surface area contributed by atoms with Gasteiger partial charge in [0.1, 0.15) is 17.3 Å². The number of pyridine rings is 3. The zero-order chi connectivity index (χ0) is 39.4. The van der Waals surface area contributed by atoms with E-state index in [0.29, 0.717) is 40.5 Å². The minimum atomic E-state index is -1.22. The van der Waals surface area contributed by atoms with Crippen molar-refractivity contribution in [2.45, 2.75) is 47.5 Å². The number of halogens is 2. The molecule has 0 aliphatic heterocycles. The van der Waals surface area contributed by atoms with Crippen molar-refractivity contribution in [3.8, 4) is 0 Å². The molecule has 0 aliphatic rings. The maximum Gasteiger partial charge on any atom is 0.356 e. The molecule has 0 fully saturated rings. The number of fused-ring (bicyclic) bond motifs is 2. The van der Waals surface area contributed by atoms with Crippen molar-refractivity contribution >= 4 is 68.6 Å². The highest BCUT2D eigenvalue weighted by Gasteiger charge is 2.18. The Balaban J connectivity index is 0.000000222. The molecule has 7 aromatic rings. The number of rotatable bonds is 10. The van der Waals surface area contributed by atoms with E-state index in [1.165, 1.54) is 10.8 Å². The van der Waals surface area contributed by atoms with Crippen LogP contribution in [0.15, 0.2) is 79.4 Å². The van der Waals surface area contributed by atoms with Crippen molar-refractivity contribution in [1.29, 1.82) is 0 Å². The molecule has 8 N–H and O–H groups in total. The van der Waals surface area contributed by atoms with Crippen LogP contribution in [0.1, 0.15) is 72.8 Å². The van der Waals surface area contributed by atoms with Crippen LogP contribution in [0.5, 0.6) is 0 Å². The molecule has 0 spiro atoms. The van der Waals surface area contributed by atoms with E-state index < -0.39 is 11.9 Å². The lowest BCUT2D eigenvalue weighted by Gasteiger charge is -2.10. The number of nitrogens with two attached hydrogens (primary N) is 3. The highest BCUT2D eigenvalue weighted by atomic mass is 35.5. The number of nitrogens with one attached hydrogen (secondary N) is 1. The number of carbonyl (C=O) groups excluding carboxylic acids is 2. The molecule has 0 bridgehead atoms. The molecular weight excluding hydrogens is 757 g/mol. The largest absolute Gasteiger partial charge is 0.476 e. The SMILES string of the molecule is C.Cc1cc(N)nc(C)c1CNC(=O)c1cn(Cc2ccc3ncc(Cl)cc3c2)c(CN)n1.NC(=O)c1nc(C(=O)O)cn1Cc1ccc2ncc(Cl)cc2c1. The van der Waals surface area contributed by atoms with Gasteiger partial charge in [-0.05, 0) is 78.6 Å². The van der Waals surface area contributed by atoms with Crippen LogP contribution in [0.25, 0.3) is 21.8 Å². The van der Waals surface area contributed by atoms with Gasteiger partial charge in [0.25, 0.3) is 11.8 Å². The number of hydrogen-bond donors (Lipinski definition) is 5. The number of carboxylic acid groups (broad SMARTS) is 1. The fraction of sp³-hybridized carbons (Fsp3) is 0.179. The monoisotopic (exact) mass is 795 g/mol. The number of nitrogen functional groups attached to an aromatic ring is 1. The van der Waals surface area contributed by atoms with E-state index in [1.54, 1.807) is 30.7 Å². The van der Waals surface area contributed by atoms with Crippen LogP contribution < -0.4 is 22.5 Å². The molecule has 0 aliphatic carbocycles. The number of primary amides is 1. The maximum atomic E-state index is 12.8. The average molecular weight is 797 g/mol. The third kappa shape index (κ3) is 9.44. The van der Waals surface area contributed by atoms with Crippen molar-refractivity contribution in [2.24, 2.45) is 11.5 Å². The lowest BCUT2D eigenvalue weighted by atomic mass is 10.1. The van der Waals surface area contributed by atoms with Crippen LogP contribution in [0, 0.1) is 13.8 Å². The predicted octanol–water partition coefficient (Wildman–Crippen LogP) is 5.68. The Labute approximate surface area is 331 Å². The van der Waals surface area contributed by atoms with Crippen molar-refractivity contribution < 1.29 is 19.5 Å². The Bertz CT molecular complexity index is 2580. The fourth-order valence-electron chi connectivity index (χ4n) is 6.01. The van der Waals surface area contributed by atoms with E-state index in [0.717, 1.165) is 49.8 Å². The number of nitrogens with zero attached hydrogens (tertiary/aromatic N) is 7. The summed E-state index contributed by atoms with van der Waals surface area (Å²) in [6.07, 6.45) is 6.19. The summed E-state index contributed by atoms with van der Waals surface area (Å²) < 4.78 is 3.29. The van der Waals surface area contributed by atoms with Gasteiger partial charge in [-0.1, -0.05) is 42.8 Å². The summed E-state index contributed by atoms with van der Waals surface area (Å²) in [5.74, 6) is -1.30.